The van der Waals surface area contributed by atoms with Gasteiger partial charge in [0.05, 0.1) is 25.3 Å². The number of rotatable bonds is 7. The molecule has 2 aliphatic rings. The van der Waals surface area contributed by atoms with Crippen molar-refractivity contribution in [2.75, 3.05) is 64.3 Å². The van der Waals surface area contributed by atoms with Crippen molar-refractivity contribution in [3.63, 3.8) is 0 Å². The van der Waals surface area contributed by atoms with Crippen LogP contribution in [0.2, 0.25) is 0 Å². The Morgan fingerprint density at radius 2 is 1.83 bits per heavy atom. The summed E-state index contributed by atoms with van der Waals surface area (Å²) in [6, 6.07) is 7.49. The number of nitrogens with zero attached hydrogens (tertiary/aromatic N) is 3. The Labute approximate surface area is 177 Å². The fourth-order valence-corrected chi connectivity index (χ4v) is 3.66. The van der Waals surface area contributed by atoms with Gasteiger partial charge in [0.2, 0.25) is 11.8 Å². The molecule has 2 heterocycles. The first-order valence-electron chi connectivity index (χ1n) is 10.5. The second-order valence-corrected chi connectivity index (χ2v) is 7.58. The van der Waals surface area contributed by atoms with Crippen LogP contribution in [0.4, 0.5) is 5.69 Å². The number of amides is 3. The molecule has 0 bridgehead atoms. The van der Waals surface area contributed by atoms with Crippen LogP contribution in [0.15, 0.2) is 24.3 Å². The maximum Gasteiger partial charge on any atom is 0.262 e. The molecule has 9 heteroatoms. The number of fused-ring (bicyclic) bond motifs is 1. The summed E-state index contributed by atoms with van der Waals surface area (Å²) in [5, 5.41) is 5.49. The van der Waals surface area contributed by atoms with Gasteiger partial charge in [-0.3, -0.25) is 19.3 Å². The van der Waals surface area contributed by atoms with Crippen LogP contribution in [0.25, 0.3) is 0 Å². The van der Waals surface area contributed by atoms with Gasteiger partial charge in [-0.25, -0.2) is 0 Å². The van der Waals surface area contributed by atoms with Crippen molar-refractivity contribution in [3.05, 3.63) is 24.3 Å². The number of likely N-dealkylation sites (N-methyl/N-ethyl adjacent to an activating group) is 1. The highest BCUT2D eigenvalue weighted by atomic mass is 16.5. The predicted octanol–water partition coefficient (Wildman–Crippen LogP) is -0.330. The van der Waals surface area contributed by atoms with E-state index in [-0.39, 0.29) is 24.3 Å². The second-order valence-electron chi connectivity index (χ2n) is 7.58. The minimum atomic E-state index is -0.649. The number of carbonyl (C=O) groups is 3. The lowest BCUT2D eigenvalue weighted by Gasteiger charge is -2.38. The normalized spacial score (nSPS) is 18.9. The molecule has 0 saturated carbocycles. The molecule has 1 aromatic carbocycles. The number of hydrogen-bond donors (Lipinski definition) is 2. The smallest absolute Gasteiger partial charge is 0.262 e. The van der Waals surface area contributed by atoms with E-state index in [4.69, 9.17) is 4.74 Å². The summed E-state index contributed by atoms with van der Waals surface area (Å²) >= 11 is 0. The van der Waals surface area contributed by atoms with E-state index < -0.39 is 6.10 Å². The Kier molecular flexibility index (Phi) is 7.51. The first kappa shape index (κ1) is 21.9. The molecule has 2 aliphatic heterocycles. The van der Waals surface area contributed by atoms with Crippen LogP contribution >= 0.6 is 0 Å². The fraction of sp³-hybridized carbons (Fsp3) is 0.571. The number of carbonyl (C=O) groups excluding carboxylic acids is 3. The molecule has 0 aliphatic carbocycles. The third kappa shape index (κ3) is 5.41. The third-order valence-corrected chi connectivity index (χ3v) is 5.40. The zero-order valence-electron chi connectivity index (χ0n) is 17.7. The van der Waals surface area contributed by atoms with Gasteiger partial charge >= 0.3 is 0 Å². The Hall–Kier alpha value is -2.81. The van der Waals surface area contributed by atoms with Crippen LogP contribution in [0.5, 0.6) is 5.75 Å². The molecule has 0 aromatic heterocycles. The quantitative estimate of drug-likeness (QED) is 0.631. The van der Waals surface area contributed by atoms with Crippen LogP contribution in [-0.2, 0) is 14.4 Å². The zero-order chi connectivity index (χ0) is 21.5. The molecule has 2 N–H and O–H groups in total. The molecule has 3 amide bonds. The molecule has 0 unspecified atom stereocenters. The minimum absolute atomic E-state index is 0.0130. The van der Waals surface area contributed by atoms with Crippen molar-refractivity contribution >= 4 is 23.4 Å². The average Bonchev–Trinajstić information content (AvgIpc) is 2.77. The molecule has 1 saturated heterocycles. The molecule has 164 valence electrons. The lowest BCUT2D eigenvalue weighted by molar-refractivity contribution is -0.132. The predicted molar refractivity (Wildman–Crippen MR) is 113 cm³/mol. The highest BCUT2D eigenvalue weighted by molar-refractivity contribution is 5.86. The number of para-hydroxylation sites is 2. The number of hydrogen-bond acceptors (Lipinski definition) is 6. The van der Waals surface area contributed by atoms with E-state index in [9.17, 15) is 14.4 Å². The van der Waals surface area contributed by atoms with Crippen molar-refractivity contribution in [1.82, 2.24) is 20.4 Å². The van der Waals surface area contributed by atoms with E-state index in [2.05, 4.69) is 10.6 Å². The van der Waals surface area contributed by atoms with Crippen LogP contribution in [0.3, 0.4) is 0 Å². The van der Waals surface area contributed by atoms with Crippen molar-refractivity contribution < 1.29 is 19.1 Å². The van der Waals surface area contributed by atoms with Crippen molar-refractivity contribution in [2.24, 2.45) is 0 Å². The van der Waals surface area contributed by atoms with E-state index in [1.807, 2.05) is 45.9 Å². The van der Waals surface area contributed by atoms with Gasteiger partial charge in [-0.15, -0.1) is 0 Å². The topological polar surface area (TPSA) is 94.2 Å². The summed E-state index contributed by atoms with van der Waals surface area (Å²) in [5.41, 5.74) is 0.823. The van der Waals surface area contributed by atoms with Gasteiger partial charge in [-0.05, 0) is 18.6 Å². The maximum absolute atomic E-state index is 13.0. The minimum Gasteiger partial charge on any atom is -0.477 e. The molecule has 1 fully saturated rings. The summed E-state index contributed by atoms with van der Waals surface area (Å²) in [6.45, 7) is 5.97. The van der Waals surface area contributed by atoms with E-state index >= 15 is 0 Å². The number of nitrogens with one attached hydrogen (secondary N) is 2. The summed E-state index contributed by atoms with van der Waals surface area (Å²) in [7, 11) is 1.62. The lowest BCUT2D eigenvalue weighted by Crippen LogP contribution is -2.55. The van der Waals surface area contributed by atoms with Gasteiger partial charge in [0, 0.05) is 39.8 Å². The summed E-state index contributed by atoms with van der Waals surface area (Å²) in [4.78, 5) is 42.7. The van der Waals surface area contributed by atoms with E-state index in [1.54, 1.807) is 7.05 Å². The maximum atomic E-state index is 13.0. The number of piperazine rings is 1. The van der Waals surface area contributed by atoms with Crippen LogP contribution in [0.1, 0.15) is 13.3 Å². The van der Waals surface area contributed by atoms with Gasteiger partial charge < -0.3 is 25.2 Å². The molecular weight excluding hydrogens is 386 g/mol. The molecule has 1 atom stereocenters. The highest BCUT2D eigenvalue weighted by Crippen LogP contribution is 2.33. The van der Waals surface area contributed by atoms with Crippen LogP contribution in [-0.4, -0.2) is 93.0 Å². The molecule has 0 spiro atoms. The van der Waals surface area contributed by atoms with Gasteiger partial charge in [-0.1, -0.05) is 19.1 Å². The number of benzene rings is 1. The Morgan fingerprint density at radius 3 is 2.53 bits per heavy atom. The van der Waals surface area contributed by atoms with Gasteiger partial charge in [-0.2, -0.15) is 0 Å². The zero-order valence-corrected chi connectivity index (χ0v) is 17.7. The van der Waals surface area contributed by atoms with Crippen LogP contribution in [0, 0.1) is 0 Å². The molecule has 1 aromatic rings. The van der Waals surface area contributed by atoms with Crippen molar-refractivity contribution in [3.8, 4) is 5.75 Å². The summed E-state index contributed by atoms with van der Waals surface area (Å²) < 4.78 is 5.89. The Bertz CT molecular complexity index is 764. The first-order chi connectivity index (χ1) is 14.5. The van der Waals surface area contributed by atoms with Gasteiger partial charge in [0.25, 0.3) is 5.91 Å². The van der Waals surface area contributed by atoms with Crippen molar-refractivity contribution in [1.29, 1.82) is 0 Å². The lowest BCUT2D eigenvalue weighted by atomic mass is 10.1. The molecule has 30 heavy (non-hydrogen) atoms. The largest absolute Gasteiger partial charge is 0.477 e. The number of anilines is 1. The Balaban J connectivity index is 1.61. The molecule has 3 rings (SSSR count). The fourth-order valence-electron chi connectivity index (χ4n) is 3.66. The monoisotopic (exact) mass is 417 g/mol. The van der Waals surface area contributed by atoms with Gasteiger partial charge in [0.1, 0.15) is 5.75 Å². The van der Waals surface area contributed by atoms with E-state index in [1.165, 1.54) is 0 Å². The summed E-state index contributed by atoms with van der Waals surface area (Å²) in [6.07, 6.45) is 0.201. The van der Waals surface area contributed by atoms with E-state index in [0.29, 0.717) is 51.6 Å². The first-order valence-corrected chi connectivity index (χ1v) is 10.5. The highest BCUT2D eigenvalue weighted by Gasteiger charge is 2.32. The standard InChI is InChI=1S/C21H31N5O4/c1-3-8-23-21(29)18-13-26(16-6-4-5-7-17(16)30-18)15-20(28)25-11-9-24(10-12-25)14-19(27)22-2/h4-7,18H,3,8-15H2,1-2H3,(H,22,27)(H,23,29)/t18-/m0/s1. The second kappa shape index (κ2) is 10.3. The van der Waals surface area contributed by atoms with Gasteiger partial charge in [0.15, 0.2) is 6.10 Å². The van der Waals surface area contributed by atoms with Crippen molar-refractivity contribution in [2.45, 2.75) is 19.4 Å². The average molecular weight is 418 g/mol. The third-order valence-electron chi connectivity index (χ3n) is 5.40. The summed E-state index contributed by atoms with van der Waals surface area (Å²) in [5.74, 6) is 0.446. The van der Waals surface area contributed by atoms with E-state index in [0.717, 1.165) is 12.1 Å². The van der Waals surface area contributed by atoms with Crippen LogP contribution < -0.4 is 20.3 Å². The molecular formula is C21H31N5O4. The SMILES string of the molecule is CCCNC(=O)[C@@H]1CN(CC(=O)N2CCN(CC(=O)NC)CC2)c2ccccc2O1. The Morgan fingerprint density at radius 1 is 1.10 bits per heavy atom. The molecule has 9 nitrogen and oxygen atoms in total. The molecule has 0 radical (unpaired) electrons. The number of ether oxygens (including phenoxy) is 1.